The molecular weight excluding hydrogens is 1090 g/mol. The fraction of sp³-hybridized carbons (Fsp3) is 0.315. The molecule has 6 aromatic rings. The average molecular weight is 1140 g/mol. The molecule has 4 aromatic carbocycles. The number of rotatable bonds is 20. The van der Waals surface area contributed by atoms with Gasteiger partial charge >= 0.3 is 51.7 Å². The van der Waals surface area contributed by atoms with Gasteiger partial charge in [-0.25, -0.2) is 40.8 Å². The predicted molar refractivity (Wildman–Crippen MR) is 271 cm³/mol. The van der Waals surface area contributed by atoms with Crippen LogP contribution < -0.4 is 19.3 Å². The van der Waals surface area contributed by atoms with Crippen molar-refractivity contribution in [3.05, 3.63) is 166 Å². The Morgan fingerprint density at radius 2 is 1.07 bits per heavy atom. The molecule has 0 unspecified atom stereocenters. The minimum atomic E-state index is -4.38. The third-order valence-electron chi connectivity index (χ3n) is 12.6. The molecule has 0 spiro atoms. The van der Waals surface area contributed by atoms with Crippen molar-refractivity contribution in [1.82, 2.24) is 10.3 Å². The first-order valence-corrected chi connectivity index (χ1v) is 28.0. The SMILES string of the molecule is C[C@H]1CCC/C=C/[C@@H]2C[C@H](OC(=O)c3ccccc3C(=O)OCCCOc3no[n+]([O-])c3S(=O)(=O)c3ccccc3)C[C@H]2[C@H](OC(=O)c2ccccc2C(=O)OCCCOc2no[n+]([O-])c2S(=O)(=O)c2ccccc2)/C=C/C(=O)O1. The number of hydrogen-bond acceptors (Lipinski definition) is 22. The number of fused-ring (bicyclic) bond motifs is 1. The van der Waals surface area contributed by atoms with Gasteiger partial charge in [-0.2, -0.15) is 0 Å². The summed E-state index contributed by atoms with van der Waals surface area (Å²) in [5.41, 5.74) is -0.589. The second kappa shape index (κ2) is 26.2. The minimum Gasteiger partial charge on any atom is -0.462 e. The van der Waals surface area contributed by atoms with Crippen LogP contribution in [0.1, 0.15) is 93.3 Å². The molecular formula is C54H52N4O20S2. The summed E-state index contributed by atoms with van der Waals surface area (Å²) in [5.74, 6) is -6.49. The third-order valence-corrected chi connectivity index (χ3v) is 16.1. The smallest absolute Gasteiger partial charge is 0.414 e. The summed E-state index contributed by atoms with van der Waals surface area (Å²) in [6.45, 7) is 0.692. The van der Waals surface area contributed by atoms with E-state index in [0.717, 1.165) is 6.08 Å². The second-order valence-electron chi connectivity index (χ2n) is 18.1. The van der Waals surface area contributed by atoms with Crippen LogP contribution in [0.3, 0.4) is 0 Å². The zero-order chi connectivity index (χ0) is 56.8. The van der Waals surface area contributed by atoms with Crippen LogP contribution in [0.5, 0.6) is 11.8 Å². The van der Waals surface area contributed by atoms with Crippen LogP contribution in [0.2, 0.25) is 0 Å². The van der Waals surface area contributed by atoms with Crippen LogP contribution in [-0.2, 0) is 48.2 Å². The van der Waals surface area contributed by atoms with E-state index in [1.54, 1.807) is 19.1 Å². The molecule has 24 nitrogen and oxygen atoms in total. The van der Waals surface area contributed by atoms with Gasteiger partial charge in [-0.05, 0) is 109 Å². The molecule has 80 heavy (non-hydrogen) atoms. The van der Waals surface area contributed by atoms with Crippen LogP contribution >= 0.6 is 0 Å². The summed E-state index contributed by atoms with van der Waals surface area (Å²) < 4.78 is 101. The average Bonchev–Trinajstić information content (AvgIpc) is 4.18. The van der Waals surface area contributed by atoms with Gasteiger partial charge in [0.2, 0.25) is 0 Å². The van der Waals surface area contributed by atoms with Gasteiger partial charge in [0.05, 0.1) is 74.9 Å². The van der Waals surface area contributed by atoms with Gasteiger partial charge in [0.1, 0.15) is 12.2 Å². The van der Waals surface area contributed by atoms with E-state index in [1.807, 2.05) is 12.2 Å². The highest BCUT2D eigenvalue weighted by molar-refractivity contribution is 7.91. The summed E-state index contributed by atoms with van der Waals surface area (Å²) >= 11 is 0. The molecule has 8 rings (SSSR count). The third kappa shape index (κ3) is 13.8. The normalized spacial score (nSPS) is 19.3. The number of hydrogen-bond donors (Lipinski definition) is 0. The van der Waals surface area contributed by atoms with Crippen molar-refractivity contribution in [3.8, 4) is 11.8 Å². The Kier molecular flexibility index (Phi) is 18.7. The standard InChI is InChI=1S/C54H52N4O20S2/c1-35-17-5-2-6-18-36-33-37(75-53(62)42-25-13-11-23-40(42)51(60)72-31-15-29-70-47-49(57(64)77-55-47)79(66,67)38-19-7-3-8-20-38)34-44(36)45(27-28-46(59)74-35)76-54(63)43-26-14-12-24-41(43)52(61)73-32-16-30-71-48-50(58(65)78-56-48)80(68,69)39-21-9-4-10-22-39/h3-4,6-14,18-28,35-37,44-45H,2,5,15-17,29-34H2,1H3/b18-6+,28-27+/t35-,36+,37-,44+,45+/m0/s1. The summed E-state index contributed by atoms with van der Waals surface area (Å²) in [7, 11) is -8.75. The van der Waals surface area contributed by atoms with Gasteiger partial charge in [0.15, 0.2) is 0 Å². The van der Waals surface area contributed by atoms with Crippen LogP contribution in [-0.4, -0.2) is 102 Å². The molecule has 1 fully saturated rings. The largest absolute Gasteiger partial charge is 0.462 e. The summed E-state index contributed by atoms with van der Waals surface area (Å²) in [6.07, 6.45) is 6.30. The summed E-state index contributed by atoms with van der Waals surface area (Å²) in [5, 5.41) is 29.6. The maximum atomic E-state index is 14.2. The molecule has 0 radical (unpaired) electrons. The van der Waals surface area contributed by atoms with Crippen LogP contribution in [0.25, 0.3) is 0 Å². The number of cyclic esters (lactones) is 1. The van der Waals surface area contributed by atoms with E-state index in [0.29, 0.717) is 19.3 Å². The van der Waals surface area contributed by atoms with Crippen molar-refractivity contribution >= 4 is 49.5 Å². The Morgan fingerprint density at radius 1 is 0.613 bits per heavy atom. The molecule has 1 aliphatic carbocycles. The Hall–Kier alpha value is -8.91. The van der Waals surface area contributed by atoms with Gasteiger partial charge in [-0.3, -0.25) is 9.26 Å². The molecule has 0 amide bonds. The molecule has 0 saturated heterocycles. The lowest BCUT2D eigenvalue weighted by atomic mass is 9.89. The van der Waals surface area contributed by atoms with Crippen molar-refractivity contribution in [2.75, 3.05) is 26.4 Å². The van der Waals surface area contributed by atoms with E-state index in [-0.39, 0.29) is 99.9 Å². The number of sulfone groups is 2. The fourth-order valence-corrected chi connectivity index (χ4v) is 11.4. The number of benzene rings is 4. The monoisotopic (exact) mass is 1140 g/mol. The number of ether oxygens (including phenoxy) is 7. The van der Waals surface area contributed by atoms with Gasteiger partial charge in [-0.1, -0.05) is 72.8 Å². The first-order chi connectivity index (χ1) is 38.5. The zero-order valence-electron chi connectivity index (χ0n) is 42.6. The van der Waals surface area contributed by atoms with E-state index in [4.69, 9.17) is 33.2 Å². The number of carbonyl (C=O) groups excluding carboxylic acids is 5. The first-order valence-electron chi connectivity index (χ1n) is 25.1. The van der Waals surface area contributed by atoms with E-state index in [1.165, 1.54) is 103 Å². The number of carbonyl (C=O) groups is 5. The van der Waals surface area contributed by atoms with Crippen molar-refractivity contribution in [2.24, 2.45) is 11.8 Å². The van der Waals surface area contributed by atoms with Crippen molar-refractivity contribution in [3.63, 3.8) is 0 Å². The lowest BCUT2D eigenvalue weighted by Crippen LogP contribution is -2.31. The number of esters is 5. The molecule has 5 atom stereocenters. The molecule has 2 aromatic heterocycles. The minimum absolute atomic E-state index is 0.00323. The highest BCUT2D eigenvalue weighted by Crippen LogP contribution is 2.40. The number of aromatic nitrogens is 4. The second-order valence-corrected chi connectivity index (χ2v) is 21.9. The predicted octanol–water partition coefficient (Wildman–Crippen LogP) is 5.85. The van der Waals surface area contributed by atoms with Gasteiger partial charge in [0.25, 0.3) is 19.7 Å². The van der Waals surface area contributed by atoms with Gasteiger partial charge < -0.3 is 43.6 Å². The molecule has 3 heterocycles. The molecule has 26 heteroatoms. The van der Waals surface area contributed by atoms with Crippen LogP contribution in [0.4, 0.5) is 0 Å². The Morgan fingerprint density at radius 3 is 1.57 bits per heavy atom. The quantitative estimate of drug-likeness (QED) is 0.0284. The maximum absolute atomic E-state index is 14.2. The van der Waals surface area contributed by atoms with E-state index in [2.05, 4.69) is 19.6 Å². The number of nitrogens with zero attached hydrogens (tertiary/aromatic N) is 4. The molecule has 0 bridgehead atoms. The van der Waals surface area contributed by atoms with Gasteiger partial charge in [0, 0.05) is 24.8 Å². The number of allylic oxidation sites excluding steroid dienone is 2. The topological polar surface area (TPSA) is 324 Å². The molecule has 420 valence electrons. The summed E-state index contributed by atoms with van der Waals surface area (Å²) in [6, 6.07) is 25.7. The van der Waals surface area contributed by atoms with E-state index in [9.17, 15) is 51.2 Å². The van der Waals surface area contributed by atoms with Gasteiger partial charge in [-0.15, -0.1) is 0 Å². The first kappa shape index (κ1) is 57.3. The lowest BCUT2D eigenvalue weighted by molar-refractivity contribution is -0.832. The van der Waals surface area contributed by atoms with Crippen LogP contribution in [0, 0.1) is 22.3 Å². The lowest BCUT2D eigenvalue weighted by Gasteiger charge is -2.25. The highest BCUT2D eigenvalue weighted by Gasteiger charge is 2.42. The fourth-order valence-electron chi connectivity index (χ4n) is 8.78. The zero-order valence-corrected chi connectivity index (χ0v) is 44.3. The van der Waals surface area contributed by atoms with Crippen LogP contribution in [0.15, 0.2) is 163 Å². The Bertz CT molecular complexity index is 3470. The van der Waals surface area contributed by atoms with E-state index < -0.39 is 95.6 Å². The Balaban J connectivity index is 0.897. The van der Waals surface area contributed by atoms with Crippen molar-refractivity contribution < 1.29 is 93.0 Å². The van der Waals surface area contributed by atoms with Crippen molar-refractivity contribution in [2.45, 2.75) is 90.0 Å². The van der Waals surface area contributed by atoms with Crippen molar-refractivity contribution in [1.29, 1.82) is 0 Å². The summed E-state index contributed by atoms with van der Waals surface area (Å²) in [4.78, 5) is 67.1. The maximum Gasteiger partial charge on any atom is 0.414 e. The molecule has 1 aliphatic heterocycles. The molecule has 1 saturated carbocycles. The molecule has 2 aliphatic rings. The Labute approximate surface area is 457 Å². The molecule has 0 N–H and O–H groups in total. The van der Waals surface area contributed by atoms with E-state index >= 15 is 0 Å². The highest BCUT2D eigenvalue weighted by atomic mass is 32.2.